The van der Waals surface area contributed by atoms with Gasteiger partial charge in [-0.15, -0.1) is 11.8 Å². The quantitative estimate of drug-likeness (QED) is 0.467. The fraction of sp³-hybridized carbons (Fsp3) is 0.391. The van der Waals surface area contributed by atoms with Gasteiger partial charge in [0.25, 0.3) is 0 Å². The van der Waals surface area contributed by atoms with Crippen LogP contribution >= 0.6 is 11.8 Å². The number of thioether (sulfide) groups is 1. The fourth-order valence-electron chi connectivity index (χ4n) is 3.62. The van der Waals surface area contributed by atoms with Crippen molar-refractivity contribution in [3.8, 4) is 0 Å². The molecule has 1 fully saturated rings. The van der Waals surface area contributed by atoms with Gasteiger partial charge in [0.1, 0.15) is 12.1 Å². The van der Waals surface area contributed by atoms with E-state index in [1.165, 1.54) is 11.6 Å². The number of benzene rings is 1. The van der Waals surface area contributed by atoms with Crippen LogP contribution in [0.2, 0.25) is 0 Å². The highest BCUT2D eigenvalue weighted by molar-refractivity contribution is 7.99. The van der Waals surface area contributed by atoms with Crippen molar-refractivity contribution in [3.05, 3.63) is 78.1 Å². The lowest BCUT2D eigenvalue weighted by atomic mass is 10.0. The predicted molar refractivity (Wildman–Crippen MR) is 115 cm³/mol. The molecule has 2 heterocycles. The highest BCUT2D eigenvalue weighted by Gasteiger charge is 2.22. The predicted octanol–water partition coefficient (Wildman–Crippen LogP) is 4.89. The molecule has 0 bridgehead atoms. The summed E-state index contributed by atoms with van der Waals surface area (Å²) >= 11 is 1.60. The average Bonchev–Trinajstić information content (AvgIpc) is 2.79. The Morgan fingerprint density at radius 3 is 2.62 bits per heavy atom. The molecule has 3 aliphatic rings. The van der Waals surface area contributed by atoms with Crippen LogP contribution in [-0.2, 0) is 9.47 Å². The minimum Gasteiger partial charge on any atom is -0.456 e. The SMILES string of the molecule is Fc1ccccc1SCCCN1CCN(C2=COC(C3=CC=CCC3)=CO2)CC1. The van der Waals surface area contributed by atoms with Crippen LogP contribution in [0.1, 0.15) is 19.3 Å². The second kappa shape index (κ2) is 10.0. The van der Waals surface area contributed by atoms with Gasteiger partial charge in [0.2, 0.25) is 5.88 Å². The third-order valence-corrected chi connectivity index (χ3v) is 6.44. The minimum atomic E-state index is -0.123. The van der Waals surface area contributed by atoms with Gasteiger partial charge in [-0.25, -0.2) is 4.39 Å². The highest BCUT2D eigenvalue weighted by Crippen LogP contribution is 2.26. The number of halogens is 1. The summed E-state index contributed by atoms with van der Waals surface area (Å²) in [6.07, 6.45) is 12.9. The molecule has 0 amide bonds. The number of ether oxygens (including phenoxy) is 2. The fourth-order valence-corrected chi connectivity index (χ4v) is 4.49. The molecular weight excluding hydrogens is 387 g/mol. The summed E-state index contributed by atoms with van der Waals surface area (Å²) in [6.45, 7) is 4.88. The first-order valence-electron chi connectivity index (χ1n) is 10.2. The van der Waals surface area contributed by atoms with Crippen LogP contribution in [0.25, 0.3) is 0 Å². The Balaban J connectivity index is 1.16. The van der Waals surface area contributed by atoms with Gasteiger partial charge in [0.05, 0.1) is 0 Å². The smallest absolute Gasteiger partial charge is 0.231 e. The normalized spacial score (nSPS) is 19.8. The second-order valence-electron chi connectivity index (χ2n) is 7.29. The zero-order chi connectivity index (χ0) is 19.9. The van der Waals surface area contributed by atoms with Gasteiger partial charge in [0.15, 0.2) is 12.0 Å². The molecule has 1 saturated heterocycles. The number of rotatable bonds is 7. The largest absolute Gasteiger partial charge is 0.456 e. The molecular formula is C23H27FN2O2S. The van der Waals surface area contributed by atoms with Crippen molar-refractivity contribution < 1.29 is 13.9 Å². The maximum atomic E-state index is 13.6. The van der Waals surface area contributed by atoms with E-state index in [1.54, 1.807) is 30.4 Å². The molecule has 0 N–H and O–H groups in total. The second-order valence-corrected chi connectivity index (χ2v) is 8.43. The molecule has 0 unspecified atom stereocenters. The van der Waals surface area contributed by atoms with Gasteiger partial charge in [0, 0.05) is 31.1 Å². The molecule has 0 aromatic heterocycles. The molecule has 1 aromatic rings. The van der Waals surface area contributed by atoms with E-state index < -0.39 is 0 Å². The van der Waals surface area contributed by atoms with Crippen molar-refractivity contribution in [2.45, 2.75) is 24.2 Å². The Morgan fingerprint density at radius 1 is 1.03 bits per heavy atom. The lowest BCUT2D eigenvalue weighted by molar-refractivity contribution is 0.0848. The van der Waals surface area contributed by atoms with Crippen molar-refractivity contribution >= 4 is 11.8 Å². The van der Waals surface area contributed by atoms with Crippen LogP contribution in [0.4, 0.5) is 4.39 Å². The van der Waals surface area contributed by atoms with Crippen molar-refractivity contribution in [1.82, 2.24) is 9.80 Å². The Kier molecular flexibility index (Phi) is 6.96. The molecule has 0 saturated carbocycles. The van der Waals surface area contributed by atoms with Gasteiger partial charge >= 0.3 is 0 Å². The lowest BCUT2D eigenvalue weighted by Crippen LogP contribution is -2.46. The first kappa shape index (κ1) is 20.1. The van der Waals surface area contributed by atoms with E-state index in [-0.39, 0.29) is 5.82 Å². The highest BCUT2D eigenvalue weighted by atomic mass is 32.2. The van der Waals surface area contributed by atoms with E-state index in [2.05, 4.69) is 28.0 Å². The molecule has 154 valence electrons. The van der Waals surface area contributed by atoms with E-state index in [4.69, 9.17) is 9.47 Å². The Morgan fingerprint density at radius 2 is 1.90 bits per heavy atom. The summed E-state index contributed by atoms with van der Waals surface area (Å²) in [5, 5.41) is 0. The molecule has 29 heavy (non-hydrogen) atoms. The summed E-state index contributed by atoms with van der Waals surface area (Å²) in [7, 11) is 0. The van der Waals surface area contributed by atoms with Crippen LogP contribution in [-0.4, -0.2) is 48.3 Å². The molecule has 0 radical (unpaired) electrons. The molecule has 1 aliphatic carbocycles. The minimum absolute atomic E-state index is 0.123. The third-order valence-electron chi connectivity index (χ3n) is 5.30. The molecule has 0 spiro atoms. The molecule has 4 rings (SSSR count). The molecule has 1 aromatic carbocycles. The molecule has 4 nitrogen and oxygen atoms in total. The Hall–Kier alpha value is -2.18. The van der Waals surface area contributed by atoms with E-state index in [0.29, 0.717) is 0 Å². The van der Waals surface area contributed by atoms with Crippen LogP contribution in [0.15, 0.2) is 77.1 Å². The van der Waals surface area contributed by atoms with E-state index in [1.807, 2.05) is 12.1 Å². The number of hydrogen-bond acceptors (Lipinski definition) is 5. The van der Waals surface area contributed by atoms with E-state index >= 15 is 0 Å². The molecule has 2 aliphatic heterocycles. The standard InChI is InChI=1S/C23H27FN2O2S/c24-20-9-4-5-10-22(20)29-16-6-11-25-12-14-26(15-13-25)23-18-27-21(17-28-23)19-7-2-1-3-8-19/h1-2,4-5,7,9-10,17-18H,3,6,8,11-16H2. The van der Waals surface area contributed by atoms with Crippen molar-refractivity contribution in [1.29, 1.82) is 0 Å². The summed E-state index contributed by atoms with van der Waals surface area (Å²) in [6, 6.07) is 6.99. The van der Waals surface area contributed by atoms with Crippen LogP contribution < -0.4 is 0 Å². The first-order valence-corrected chi connectivity index (χ1v) is 11.2. The van der Waals surface area contributed by atoms with Gasteiger partial charge in [-0.1, -0.05) is 30.4 Å². The monoisotopic (exact) mass is 414 g/mol. The maximum Gasteiger partial charge on any atom is 0.231 e. The van der Waals surface area contributed by atoms with Crippen LogP contribution in [0.5, 0.6) is 0 Å². The van der Waals surface area contributed by atoms with Gasteiger partial charge in [-0.3, -0.25) is 4.90 Å². The van der Waals surface area contributed by atoms with Crippen molar-refractivity contribution in [3.63, 3.8) is 0 Å². The Bertz CT molecular complexity index is 826. The molecule has 0 atom stereocenters. The number of piperazine rings is 1. The number of nitrogens with zero attached hydrogens (tertiary/aromatic N) is 2. The number of allylic oxidation sites excluding steroid dienone is 4. The zero-order valence-corrected chi connectivity index (χ0v) is 17.4. The first-order chi connectivity index (χ1) is 14.3. The van der Waals surface area contributed by atoms with E-state index in [0.717, 1.165) is 74.3 Å². The average molecular weight is 415 g/mol. The van der Waals surface area contributed by atoms with Crippen LogP contribution in [0, 0.1) is 5.82 Å². The van der Waals surface area contributed by atoms with Crippen LogP contribution in [0.3, 0.4) is 0 Å². The summed E-state index contributed by atoms with van der Waals surface area (Å²) in [5.74, 6) is 2.41. The zero-order valence-electron chi connectivity index (χ0n) is 16.6. The third kappa shape index (κ3) is 5.46. The maximum absolute atomic E-state index is 13.6. The lowest BCUT2D eigenvalue weighted by Gasteiger charge is -2.36. The van der Waals surface area contributed by atoms with Crippen molar-refractivity contribution in [2.24, 2.45) is 0 Å². The summed E-state index contributed by atoms with van der Waals surface area (Å²) < 4.78 is 25.3. The van der Waals surface area contributed by atoms with Gasteiger partial charge < -0.3 is 14.4 Å². The van der Waals surface area contributed by atoms with Crippen molar-refractivity contribution in [2.75, 3.05) is 38.5 Å². The molecule has 6 heteroatoms. The summed E-state index contributed by atoms with van der Waals surface area (Å²) in [5.41, 5.74) is 1.18. The van der Waals surface area contributed by atoms with Gasteiger partial charge in [-0.2, -0.15) is 0 Å². The van der Waals surface area contributed by atoms with E-state index in [9.17, 15) is 4.39 Å². The topological polar surface area (TPSA) is 24.9 Å². The van der Waals surface area contributed by atoms with Gasteiger partial charge in [-0.05, 0) is 49.3 Å². The Labute approximate surface area is 176 Å². The summed E-state index contributed by atoms with van der Waals surface area (Å²) in [4.78, 5) is 5.43. The number of hydrogen-bond donors (Lipinski definition) is 0.